The molecule has 0 radical (unpaired) electrons. The zero-order chi connectivity index (χ0) is 9.10. The maximum atomic E-state index is 5.55. The Kier molecular flexibility index (Phi) is 2.47. The van der Waals surface area contributed by atoms with Crippen LogP contribution in [-0.2, 0) is 11.3 Å². The van der Waals surface area contributed by atoms with Gasteiger partial charge in [-0.1, -0.05) is 18.2 Å². The Morgan fingerprint density at radius 2 is 2.31 bits per heavy atom. The molecule has 0 aromatic heterocycles. The number of ether oxygens (including phenoxy) is 1. The molecule has 1 aliphatic rings. The quantitative estimate of drug-likeness (QED) is 0.692. The van der Waals surface area contributed by atoms with Gasteiger partial charge in [0.1, 0.15) is 5.75 Å². The number of benzene rings is 1. The topological polar surface area (TPSA) is 44.5 Å². The molecule has 0 amide bonds. The molecule has 0 bridgehead atoms. The predicted octanol–water partition coefficient (Wildman–Crippen LogP) is 1.13. The lowest BCUT2D eigenvalue weighted by Crippen LogP contribution is -2.26. The summed E-state index contributed by atoms with van der Waals surface area (Å²) in [4.78, 5) is 4.62. The number of hydrogen-bond donors (Lipinski definition) is 1. The van der Waals surface area contributed by atoms with Gasteiger partial charge in [0.2, 0.25) is 0 Å². The van der Waals surface area contributed by atoms with Crippen LogP contribution in [0, 0.1) is 5.92 Å². The number of nitrogens with two attached hydrogens (primary N) is 1. The van der Waals surface area contributed by atoms with Crippen molar-refractivity contribution in [3.05, 3.63) is 29.8 Å². The molecule has 3 heteroatoms. The summed E-state index contributed by atoms with van der Waals surface area (Å²) in [5.74, 6) is 6.41. The zero-order valence-corrected chi connectivity index (χ0v) is 7.40. The molecule has 0 fully saturated rings. The van der Waals surface area contributed by atoms with Gasteiger partial charge < -0.3 is 9.57 Å². The van der Waals surface area contributed by atoms with E-state index in [2.05, 4.69) is 10.9 Å². The van der Waals surface area contributed by atoms with Gasteiger partial charge in [0.15, 0.2) is 0 Å². The molecule has 2 N–H and O–H groups in total. The fourth-order valence-electron chi connectivity index (χ4n) is 1.63. The molecule has 1 heterocycles. The Balaban J connectivity index is 2.11. The molecule has 0 saturated heterocycles. The third-order valence-corrected chi connectivity index (χ3v) is 2.29. The van der Waals surface area contributed by atoms with Crippen LogP contribution < -0.4 is 10.6 Å². The van der Waals surface area contributed by atoms with Gasteiger partial charge in [-0.15, -0.1) is 0 Å². The zero-order valence-electron chi connectivity index (χ0n) is 7.40. The van der Waals surface area contributed by atoms with Crippen molar-refractivity contribution in [2.24, 2.45) is 11.8 Å². The van der Waals surface area contributed by atoms with Crippen molar-refractivity contribution < 1.29 is 9.57 Å². The van der Waals surface area contributed by atoms with Gasteiger partial charge in [0.25, 0.3) is 0 Å². The summed E-state index contributed by atoms with van der Waals surface area (Å²) in [6, 6.07) is 8.08. The second-order valence-corrected chi connectivity index (χ2v) is 3.32. The molecule has 2 rings (SSSR count). The van der Waals surface area contributed by atoms with Crippen LogP contribution in [-0.4, -0.2) is 13.2 Å². The van der Waals surface area contributed by atoms with E-state index in [1.807, 2.05) is 18.2 Å². The van der Waals surface area contributed by atoms with Crippen LogP contribution in [0.5, 0.6) is 5.75 Å². The van der Waals surface area contributed by atoms with Crippen LogP contribution in [0.2, 0.25) is 0 Å². The smallest absolute Gasteiger partial charge is 0.122 e. The summed E-state index contributed by atoms with van der Waals surface area (Å²) in [7, 11) is 0. The monoisotopic (exact) mass is 179 g/mol. The number of rotatable bonds is 2. The van der Waals surface area contributed by atoms with Crippen LogP contribution in [0.4, 0.5) is 0 Å². The van der Waals surface area contributed by atoms with Crippen molar-refractivity contribution in [3.8, 4) is 5.75 Å². The van der Waals surface area contributed by atoms with Gasteiger partial charge in [-0.25, -0.2) is 5.90 Å². The highest BCUT2D eigenvalue weighted by Gasteiger charge is 2.18. The number of hydrogen-bond acceptors (Lipinski definition) is 3. The summed E-state index contributed by atoms with van der Waals surface area (Å²) < 4.78 is 5.55. The first-order chi connectivity index (χ1) is 6.40. The van der Waals surface area contributed by atoms with E-state index in [1.165, 1.54) is 5.56 Å². The van der Waals surface area contributed by atoms with E-state index in [0.29, 0.717) is 19.1 Å². The fourth-order valence-corrected chi connectivity index (χ4v) is 1.63. The molecule has 1 unspecified atom stereocenters. The average molecular weight is 179 g/mol. The normalized spacial score (nSPS) is 20.5. The lowest BCUT2D eigenvalue weighted by atomic mass is 9.98. The minimum Gasteiger partial charge on any atom is -0.493 e. The molecule has 0 saturated carbocycles. The van der Waals surface area contributed by atoms with Crippen molar-refractivity contribution in [1.29, 1.82) is 0 Å². The molecule has 70 valence electrons. The van der Waals surface area contributed by atoms with Crippen molar-refractivity contribution >= 4 is 0 Å². The van der Waals surface area contributed by atoms with Gasteiger partial charge in [-0.05, 0) is 18.1 Å². The number of para-hydroxylation sites is 1. The Labute approximate surface area is 77.4 Å². The molecule has 1 aromatic rings. The Morgan fingerprint density at radius 1 is 1.46 bits per heavy atom. The van der Waals surface area contributed by atoms with Gasteiger partial charge in [0.05, 0.1) is 13.2 Å². The third-order valence-electron chi connectivity index (χ3n) is 2.29. The maximum Gasteiger partial charge on any atom is 0.122 e. The van der Waals surface area contributed by atoms with Crippen molar-refractivity contribution in [3.63, 3.8) is 0 Å². The Bertz CT molecular complexity index is 288. The van der Waals surface area contributed by atoms with E-state index in [4.69, 9.17) is 10.6 Å². The fraction of sp³-hybridized carbons (Fsp3) is 0.400. The van der Waals surface area contributed by atoms with E-state index in [0.717, 1.165) is 12.2 Å². The largest absolute Gasteiger partial charge is 0.493 e. The average Bonchev–Trinajstić information content (AvgIpc) is 2.18. The van der Waals surface area contributed by atoms with E-state index >= 15 is 0 Å². The van der Waals surface area contributed by atoms with Crippen LogP contribution in [0.3, 0.4) is 0 Å². The van der Waals surface area contributed by atoms with Crippen LogP contribution in [0.25, 0.3) is 0 Å². The maximum absolute atomic E-state index is 5.55. The van der Waals surface area contributed by atoms with Crippen LogP contribution in [0.1, 0.15) is 5.56 Å². The third kappa shape index (κ3) is 1.82. The molecular weight excluding hydrogens is 166 g/mol. The summed E-state index contributed by atoms with van der Waals surface area (Å²) in [5.41, 5.74) is 1.25. The molecular formula is C10H13NO2. The van der Waals surface area contributed by atoms with Crippen LogP contribution >= 0.6 is 0 Å². The summed E-state index contributed by atoms with van der Waals surface area (Å²) in [6.07, 6.45) is 0.993. The first-order valence-electron chi connectivity index (χ1n) is 4.42. The van der Waals surface area contributed by atoms with E-state index < -0.39 is 0 Å². The number of fused-ring (bicyclic) bond motifs is 1. The lowest BCUT2D eigenvalue weighted by molar-refractivity contribution is 0.0719. The van der Waals surface area contributed by atoms with Crippen molar-refractivity contribution in [2.45, 2.75) is 6.42 Å². The molecule has 0 spiro atoms. The highest BCUT2D eigenvalue weighted by molar-refractivity contribution is 5.34. The summed E-state index contributed by atoms with van der Waals surface area (Å²) >= 11 is 0. The lowest BCUT2D eigenvalue weighted by Gasteiger charge is -2.24. The molecule has 3 nitrogen and oxygen atoms in total. The second-order valence-electron chi connectivity index (χ2n) is 3.32. The Morgan fingerprint density at radius 3 is 3.15 bits per heavy atom. The minimum absolute atomic E-state index is 0.389. The second kappa shape index (κ2) is 3.77. The van der Waals surface area contributed by atoms with Crippen molar-refractivity contribution in [1.82, 2.24) is 0 Å². The first-order valence-corrected chi connectivity index (χ1v) is 4.42. The SMILES string of the molecule is NOCC1COc2ccccc2C1. The van der Waals surface area contributed by atoms with Gasteiger partial charge in [-0.3, -0.25) is 0 Å². The van der Waals surface area contributed by atoms with E-state index in [1.54, 1.807) is 0 Å². The minimum atomic E-state index is 0.389. The molecule has 1 aliphatic heterocycles. The van der Waals surface area contributed by atoms with Gasteiger partial charge in [-0.2, -0.15) is 0 Å². The highest BCUT2D eigenvalue weighted by Crippen LogP contribution is 2.26. The van der Waals surface area contributed by atoms with E-state index in [-0.39, 0.29) is 0 Å². The summed E-state index contributed by atoms with van der Waals surface area (Å²) in [5, 5.41) is 0. The molecule has 0 aliphatic carbocycles. The standard InChI is InChI=1S/C10H13NO2/c11-13-7-8-5-9-3-1-2-4-10(9)12-6-8/h1-4,8H,5-7,11H2. The molecule has 13 heavy (non-hydrogen) atoms. The molecule has 1 atom stereocenters. The highest BCUT2D eigenvalue weighted by atomic mass is 16.6. The van der Waals surface area contributed by atoms with Gasteiger partial charge >= 0.3 is 0 Å². The van der Waals surface area contributed by atoms with E-state index in [9.17, 15) is 0 Å². The first kappa shape index (κ1) is 8.53. The molecule has 1 aromatic carbocycles. The Hall–Kier alpha value is -1.06. The van der Waals surface area contributed by atoms with Gasteiger partial charge in [0, 0.05) is 5.92 Å². The summed E-state index contributed by atoms with van der Waals surface area (Å²) in [6.45, 7) is 1.27. The van der Waals surface area contributed by atoms with Crippen molar-refractivity contribution in [2.75, 3.05) is 13.2 Å². The van der Waals surface area contributed by atoms with Crippen LogP contribution in [0.15, 0.2) is 24.3 Å². The predicted molar refractivity (Wildman–Crippen MR) is 49.3 cm³/mol.